The van der Waals surface area contributed by atoms with Crippen LogP contribution in [0.4, 0.5) is 0 Å². The maximum Gasteiger partial charge on any atom is 0.147 e. The molecule has 0 aliphatic carbocycles. The third-order valence-corrected chi connectivity index (χ3v) is 3.27. The van der Waals surface area contributed by atoms with Crippen LogP contribution in [0.2, 0.25) is 0 Å². The highest BCUT2D eigenvalue weighted by molar-refractivity contribution is 5.28. The van der Waals surface area contributed by atoms with E-state index in [4.69, 9.17) is 10.00 Å². The molecule has 0 aliphatic rings. The Hall–Kier alpha value is -2.17. The van der Waals surface area contributed by atoms with Crippen molar-refractivity contribution in [2.24, 2.45) is 7.05 Å². The molecule has 0 N–H and O–H groups in total. The zero-order valence-electron chi connectivity index (χ0n) is 12.7. The van der Waals surface area contributed by atoms with Gasteiger partial charge in [-0.1, -0.05) is 0 Å². The fourth-order valence-corrected chi connectivity index (χ4v) is 2.22. The van der Waals surface area contributed by atoms with Crippen molar-refractivity contribution in [3.8, 4) is 6.07 Å². The summed E-state index contributed by atoms with van der Waals surface area (Å²) in [7, 11) is 5.58. The van der Waals surface area contributed by atoms with Crippen molar-refractivity contribution in [3.05, 3.63) is 35.7 Å². The summed E-state index contributed by atoms with van der Waals surface area (Å²) in [4.78, 5) is 2.14. The largest absolute Gasteiger partial charge is 0.383 e. The van der Waals surface area contributed by atoms with Crippen LogP contribution in [0, 0.1) is 11.3 Å². The van der Waals surface area contributed by atoms with E-state index in [1.54, 1.807) is 13.4 Å². The zero-order chi connectivity index (χ0) is 15.2. The van der Waals surface area contributed by atoms with E-state index < -0.39 is 0 Å². The molecule has 2 aromatic heterocycles. The molecule has 2 heterocycles. The van der Waals surface area contributed by atoms with Gasteiger partial charge >= 0.3 is 0 Å². The topological polar surface area (TPSA) is 71.9 Å². The number of nitrogens with zero attached hydrogens (tertiary/aromatic N) is 6. The van der Waals surface area contributed by atoms with Gasteiger partial charge in [-0.05, 0) is 18.7 Å². The summed E-state index contributed by atoms with van der Waals surface area (Å²) in [6.45, 7) is 2.84. The van der Waals surface area contributed by atoms with Gasteiger partial charge in [-0.2, -0.15) is 5.26 Å². The van der Waals surface area contributed by atoms with Crippen LogP contribution in [-0.2, 0) is 31.4 Å². The Balaban J connectivity index is 1.96. The van der Waals surface area contributed by atoms with Crippen LogP contribution in [0.3, 0.4) is 0 Å². The predicted octanol–water partition coefficient (Wildman–Crippen LogP) is 0.767. The predicted molar refractivity (Wildman–Crippen MR) is 77.2 cm³/mol. The van der Waals surface area contributed by atoms with Crippen LogP contribution >= 0.6 is 0 Å². The van der Waals surface area contributed by atoms with Gasteiger partial charge in [-0.15, -0.1) is 10.2 Å². The smallest absolute Gasteiger partial charge is 0.147 e. The number of aryl methyl sites for hydroxylation is 1. The third-order valence-electron chi connectivity index (χ3n) is 3.27. The molecule has 0 saturated carbocycles. The Kier molecular flexibility index (Phi) is 5.09. The average Bonchev–Trinajstić information content (AvgIpc) is 3.02. The number of rotatable bonds is 7. The van der Waals surface area contributed by atoms with E-state index in [1.165, 1.54) is 0 Å². The number of ether oxygens (including phenoxy) is 1. The number of nitriles is 1. The van der Waals surface area contributed by atoms with E-state index in [9.17, 15) is 0 Å². The molecule has 2 rings (SSSR count). The molecular weight excluding hydrogens is 268 g/mol. The minimum atomic E-state index is 0.638. The molecule has 0 aromatic carbocycles. The molecule has 0 amide bonds. The van der Waals surface area contributed by atoms with Crippen molar-refractivity contribution in [1.82, 2.24) is 24.2 Å². The number of aromatic nitrogens is 4. The fourth-order valence-electron chi connectivity index (χ4n) is 2.22. The van der Waals surface area contributed by atoms with Gasteiger partial charge in [0.2, 0.25) is 0 Å². The molecule has 0 spiro atoms. The molecule has 112 valence electrons. The molecular formula is C14H20N6O. The number of methoxy groups -OCH3 is 1. The van der Waals surface area contributed by atoms with Gasteiger partial charge in [0.1, 0.15) is 23.9 Å². The standard InChI is InChI=1S/C14H20N6O/c1-18(8-12-6-13(7-15)19(2)9-12)10-14-17-16-11-20(14)4-5-21-3/h6,9,11H,4-5,8,10H2,1-3H3. The Morgan fingerprint density at radius 1 is 1.43 bits per heavy atom. The first-order valence-corrected chi connectivity index (χ1v) is 6.73. The maximum atomic E-state index is 8.97. The molecule has 0 radical (unpaired) electrons. The summed E-state index contributed by atoms with van der Waals surface area (Å²) in [5.41, 5.74) is 1.78. The van der Waals surface area contributed by atoms with Crippen molar-refractivity contribution in [2.75, 3.05) is 20.8 Å². The molecule has 0 aliphatic heterocycles. The fraction of sp³-hybridized carbons (Fsp3) is 0.500. The van der Waals surface area contributed by atoms with E-state index in [0.29, 0.717) is 18.8 Å². The summed E-state index contributed by atoms with van der Waals surface area (Å²) in [5, 5.41) is 17.1. The van der Waals surface area contributed by atoms with E-state index in [1.807, 2.05) is 35.5 Å². The highest BCUT2D eigenvalue weighted by Crippen LogP contribution is 2.10. The maximum absolute atomic E-state index is 8.97. The SMILES string of the molecule is COCCn1cnnc1CN(C)Cc1cc(C#N)n(C)c1. The van der Waals surface area contributed by atoms with Gasteiger partial charge in [0.05, 0.1) is 13.2 Å². The molecule has 21 heavy (non-hydrogen) atoms. The summed E-state index contributed by atoms with van der Waals surface area (Å²) in [5.74, 6) is 0.908. The van der Waals surface area contributed by atoms with E-state index in [2.05, 4.69) is 21.2 Å². The number of hydrogen-bond donors (Lipinski definition) is 0. The Morgan fingerprint density at radius 3 is 2.90 bits per heavy atom. The second kappa shape index (κ2) is 7.02. The molecule has 0 saturated heterocycles. The van der Waals surface area contributed by atoms with Gasteiger partial charge in [-0.3, -0.25) is 4.90 Å². The van der Waals surface area contributed by atoms with Crippen LogP contribution < -0.4 is 0 Å². The number of hydrogen-bond acceptors (Lipinski definition) is 5. The summed E-state index contributed by atoms with van der Waals surface area (Å²) in [6.07, 6.45) is 3.70. The molecule has 0 atom stereocenters. The molecule has 0 unspecified atom stereocenters. The lowest BCUT2D eigenvalue weighted by molar-refractivity contribution is 0.184. The first kappa shape index (κ1) is 15.2. The lowest BCUT2D eigenvalue weighted by Gasteiger charge is -2.15. The zero-order valence-corrected chi connectivity index (χ0v) is 12.7. The van der Waals surface area contributed by atoms with Crippen LogP contribution in [0.5, 0.6) is 0 Å². The lowest BCUT2D eigenvalue weighted by atomic mass is 10.3. The van der Waals surface area contributed by atoms with Gasteiger partial charge in [0.25, 0.3) is 0 Å². The Labute approximate surface area is 124 Å². The van der Waals surface area contributed by atoms with Crippen LogP contribution in [0.1, 0.15) is 17.1 Å². The lowest BCUT2D eigenvalue weighted by Crippen LogP contribution is -2.20. The molecule has 0 fully saturated rings. The van der Waals surface area contributed by atoms with Crippen molar-refractivity contribution >= 4 is 0 Å². The van der Waals surface area contributed by atoms with Crippen molar-refractivity contribution in [1.29, 1.82) is 5.26 Å². The first-order valence-electron chi connectivity index (χ1n) is 6.73. The normalized spacial score (nSPS) is 11.0. The minimum absolute atomic E-state index is 0.638. The molecule has 7 nitrogen and oxygen atoms in total. The van der Waals surface area contributed by atoms with Crippen molar-refractivity contribution in [3.63, 3.8) is 0 Å². The molecule has 0 bridgehead atoms. The van der Waals surface area contributed by atoms with Crippen LogP contribution in [0.15, 0.2) is 18.6 Å². The Bertz CT molecular complexity index is 624. The van der Waals surface area contributed by atoms with Gasteiger partial charge in [0.15, 0.2) is 0 Å². The second-order valence-electron chi connectivity index (χ2n) is 5.06. The quantitative estimate of drug-likeness (QED) is 0.752. The summed E-state index contributed by atoms with van der Waals surface area (Å²) >= 11 is 0. The highest BCUT2D eigenvalue weighted by Gasteiger charge is 2.10. The minimum Gasteiger partial charge on any atom is -0.383 e. The van der Waals surface area contributed by atoms with Crippen LogP contribution in [0.25, 0.3) is 0 Å². The van der Waals surface area contributed by atoms with E-state index >= 15 is 0 Å². The first-order chi connectivity index (χ1) is 10.1. The van der Waals surface area contributed by atoms with E-state index in [-0.39, 0.29) is 0 Å². The van der Waals surface area contributed by atoms with Gasteiger partial charge < -0.3 is 13.9 Å². The van der Waals surface area contributed by atoms with Gasteiger partial charge in [0, 0.05) is 33.4 Å². The second-order valence-corrected chi connectivity index (χ2v) is 5.06. The summed E-state index contributed by atoms with van der Waals surface area (Å²) < 4.78 is 8.91. The van der Waals surface area contributed by atoms with Crippen LogP contribution in [-0.4, -0.2) is 45.0 Å². The monoisotopic (exact) mass is 288 g/mol. The Morgan fingerprint density at radius 2 is 2.24 bits per heavy atom. The van der Waals surface area contributed by atoms with Gasteiger partial charge in [-0.25, -0.2) is 0 Å². The average molecular weight is 288 g/mol. The van der Waals surface area contributed by atoms with E-state index in [0.717, 1.165) is 24.5 Å². The van der Waals surface area contributed by atoms with Crippen molar-refractivity contribution < 1.29 is 4.74 Å². The molecule has 2 aromatic rings. The highest BCUT2D eigenvalue weighted by atomic mass is 16.5. The summed E-state index contributed by atoms with van der Waals surface area (Å²) in [6, 6.07) is 4.08. The van der Waals surface area contributed by atoms with Crippen molar-refractivity contribution in [2.45, 2.75) is 19.6 Å². The third kappa shape index (κ3) is 3.90. The molecule has 7 heteroatoms.